The molecule has 0 unspecified atom stereocenters. The molecule has 0 N–H and O–H groups in total. The molecule has 0 aromatic carbocycles. The van der Waals surface area contributed by atoms with E-state index in [1.807, 2.05) is 0 Å². The highest BCUT2D eigenvalue weighted by molar-refractivity contribution is 7.85. The summed E-state index contributed by atoms with van der Waals surface area (Å²) in [5, 5.41) is 0. The molecule has 0 saturated heterocycles. The van der Waals surface area contributed by atoms with Crippen molar-refractivity contribution >= 4 is 10.1 Å². The lowest BCUT2D eigenvalue weighted by Crippen LogP contribution is -2.52. The highest BCUT2D eigenvalue weighted by Crippen LogP contribution is 2.57. The van der Waals surface area contributed by atoms with Gasteiger partial charge in [0.25, 0.3) is 0 Å². The Morgan fingerprint density at radius 1 is 1.06 bits per heavy atom. The second-order valence-corrected chi connectivity index (χ2v) is 7.27. The van der Waals surface area contributed by atoms with Gasteiger partial charge in [-0.25, -0.2) is 8.42 Å². The van der Waals surface area contributed by atoms with Gasteiger partial charge in [0.15, 0.2) is 0 Å². The number of hydrogen-bond donors (Lipinski definition) is 0. The van der Waals surface area contributed by atoms with Crippen LogP contribution >= 0.6 is 0 Å². The lowest BCUT2D eigenvalue weighted by atomic mass is 9.54. The van der Waals surface area contributed by atoms with E-state index in [1.54, 1.807) is 0 Å². The molecule has 5 heteroatoms. The van der Waals surface area contributed by atoms with Crippen LogP contribution in [-0.4, -0.2) is 24.5 Å². The Kier molecular flexibility index (Phi) is 2.36. The summed E-state index contributed by atoms with van der Waals surface area (Å²) in [7, 11) is -4.24. The first-order chi connectivity index (χ1) is 7.44. The van der Waals surface area contributed by atoms with Crippen LogP contribution in [0.25, 0.3) is 0 Å². The summed E-state index contributed by atoms with van der Waals surface area (Å²) < 4.78 is 37.4. The fourth-order valence-electron chi connectivity index (χ4n) is 4.41. The normalized spacial score (nSPS) is 46.2. The van der Waals surface area contributed by atoms with E-state index in [1.165, 1.54) is 19.3 Å². The monoisotopic (exact) mass is 245 g/mol. The predicted molar refractivity (Wildman–Crippen MR) is 56.6 cm³/mol. The molecule has 0 amide bonds. The summed E-state index contributed by atoms with van der Waals surface area (Å²) in [4.78, 5) is 0. The second-order valence-electron chi connectivity index (χ2n) is 5.92. The average molecular weight is 245 g/mol. The molecule has 0 spiro atoms. The maximum atomic E-state index is 10.6. The van der Waals surface area contributed by atoms with E-state index in [0.717, 1.165) is 19.3 Å². The van der Waals surface area contributed by atoms with E-state index in [4.69, 9.17) is 4.74 Å². The Morgan fingerprint density at radius 2 is 1.50 bits per heavy atom. The summed E-state index contributed by atoms with van der Waals surface area (Å²) in [6.45, 7) is 0. The van der Waals surface area contributed by atoms with Crippen LogP contribution < -0.4 is 0 Å². The van der Waals surface area contributed by atoms with Gasteiger partial charge >= 0.3 is 0 Å². The fourth-order valence-corrected chi connectivity index (χ4v) is 4.80. The molecule has 4 saturated carbocycles. The molecule has 4 bridgehead atoms. The number of rotatable bonds is 3. The zero-order valence-corrected chi connectivity index (χ0v) is 10.0. The molecule has 0 radical (unpaired) electrons. The minimum absolute atomic E-state index is 0.272. The Bertz CT molecular complexity index is 352. The van der Waals surface area contributed by atoms with Crippen LogP contribution in [0.15, 0.2) is 0 Å². The molecule has 0 atom stereocenters. The Labute approximate surface area is 96.1 Å². The molecular formula is C11H17O4S-. The van der Waals surface area contributed by atoms with E-state index in [2.05, 4.69) is 0 Å². The Balaban J connectivity index is 1.74. The third-order valence-corrected chi connectivity index (χ3v) is 4.90. The molecule has 0 aromatic heterocycles. The molecule has 4 rings (SSSR count). The number of hydrogen-bond acceptors (Lipinski definition) is 4. The first kappa shape index (κ1) is 11.0. The maximum absolute atomic E-state index is 10.6. The molecule has 4 aliphatic rings. The maximum Gasteiger partial charge on any atom is 0.137 e. The van der Waals surface area contributed by atoms with Crippen LogP contribution in [0.4, 0.5) is 0 Å². The summed E-state index contributed by atoms with van der Waals surface area (Å²) in [6.07, 6.45) is 6.75. The molecular weight excluding hydrogens is 228 g/mol. The van der Waals surface area contributed by atoms with E-state index < -0.39 is 16.1 Å². The van der Waals surface area contributed by atoms with E-state index in [9.17, 15) is 13.0 Å². The van der Waals surface area contributed by atoms with Crippen molar-refractivity contribution in [2.24, 2.45) is 17.8 Å². The van der Waals surface area contributed by atoms with Crippen LogP contribution in [0.3, 0.4) is 0 Å². The summed E-state index contributed by atoms with van der Waals surface area (Å²) in [6, 6.07) is 0. The van der Waals surface area contributed by atoms with Crippen molar-refractivity contribution in [3.63, 3.8) is 0 Å². The van der Waals surface area contributed by atoms with E-state index >= 15 is 0 Å². The van der Waals surface area contributed by atoms with Gasteiger partial charge in [-0.3, -0.25) is 0 Å². The lowest BCUT2D eigenvalue weighted by Gasteiger charge is -2.56. The second kappa shape index (κ2) is 3.43. The quantitative estimate of drug-likeness (QED) is 0.706. The predicted octanol–water partition coefficient (Wildman–Crippen LogP) is 1.47. The standard InChI is InChI=1S/C11H18O4S/c12-16(13,14)7-15-11-4-8-1-9(5-11)3-10(2-8)6-11/h8-10H,1-7H2,(H,12,13,14)/p-1. The van der Waals surface area contributed by atoms with Crippen molar-refractivity contribution in [1.29, 1.82) is 0 Å². The van der Waals surface area contributed by atoms with Crippen LogP contribution in [0.5, 0.6) is 0 Å². The highest BCUT2D eigenvalue weighted by atomic mass is 32.2. The third-order valence-electron chi connectivity index (χ3n) is 4.49. The molecule has 0 aromatic rings. The van der Waals surface area contributed by atoms with E-state index in [0.29, 0.717) is 17.8 Å². The van der Waals surface area contributed by atoms with Gasteiger partial charge in [-0.1, -0.05) is 0 Å². The van der Waals surface area contributed by atoms with Crippen LogP contribution in [0, 0.1) is 17.8 Å². The molecule has 92 valence electrons. The summed E-state index contributed by atoms with van der Waals surface area (Å²) in [5.74, 6) is 1.49. The Hall–Kier alpha value is -0.130. The number of ether oxygens (including phenoxy) is 1. The lowest BCUT2D eigenvalue weighted by molar-refractivity contribution is -0.151. The van der Waals surface area contributed by atoms with Crippen molar-refractivity contribution in [2.75, 3.05) is 5.94 Å². The van der Waals surface area contributed by atoms with Gasteiger partial charge in [0.1, 0.15) is 16.1 Å². The first-order valence-electron chi connectivity index (χ1n) is 6.02. The summed E-state index contributed by atoms with van der Waals surface area (Å²) in [5.41, 5.74) is -0.272. The first-order valence-corrected chi connectivity index (χ1v) is 7.59. The average Bonchev–Trinajstić information content (AvgIpc) is 2.11. The molecule has 0 aliphatic heterocycles. The molecule has 16 heavy (non-hydrogen) atoms. The zero-order chi connectivity index (χ0) is 11.4. The third kappa shape index (κ3) is 2.00. The highest BCUT2D eigenvalue weighted by Gasteiger charge is 2.51. The molecule has 4 fully saturated rings. The molecule has 4 aliphatic carbocycles. The van der Waals surface area contributed by atoms with Crippen molar-refractivity contribution in [3.8, 4) is 0 Å². The zero-order valence-electron chi connectivity index (χ0n) is 9.22. The van der Waals surface area contributed by atoms with Gasteiger partial charge in [0.2, 0.25) is 0 Å². The van der Waals surface area contributed by atoms with Gasteiger partial charge in [-0.05, 0) is 56.3 Å². The molecule has 0 heterocycles. The van der Waals surface area contributed by atoms with Crippen LogP contribution in [0.1, 0.15) is 38.5 Å². The van der Waals surface area contributed by atoms with Gasteiger partial charge < -0.3 is 9.29 Å². The van der Waals surface area contributed by atoms with Crippen LogP contribution in [-0.2, 0) is 14.9 Å². The van der Waals surface area contributed by atoms with Gasteiger partial charge in [-0.15, -0.1) is 0 Å². The largest absolute Gasteiger partial charge is 0.746 e. The summed E-state index contributed by atoms with van der Waals surface area (Å²) >= 11 is 0. The van der Waals surface area contributed by atoms with Crippen molar-refractivity contribution in [1.82, 2.24) is 0 Å². The van der Waals surface area contributed by atoms with Gasteiger partial charge in [-0.2, -0.15) is 0 Å². The molecule has 4 nitrogen and oxygen atoms in total. The van der Waals surface area contributed by atoms with Crippen molar-refractivity contribution in [2.45, 2.75) is 44.1 Å². The SMILES string of the molecule is O=S(=O)([O-])COC12CC3CC(CC(C3)C1)C2. The fraction of sp³-hybridized carbons (Fsp3) is 1.00. The van der Waals surface area contributed by atoms with E-state index in [-0.39, 0.29) is 5.60 Å². The minimum atomic E-state index is -4.24. The van der Waals surface area contributed by atoms with Crippen molar-refractivity contribution < 1.29 is 17.7 Å². The Morgan fingerprint density at radius 3 is 1.88 bits per heavy atom. The topological polar surface area (TPSA) is 66.4 Å². The minimum Gasteiger partial charge on any atom is -0.746 e. The van der Waals surface area contributed by atoms with Gasteiger partial charge in [0, 0.05) is 0 Å². The van der Waals surface area contributed by atoms with Crippen molar-refractivity contribution in [3.05, 3.63) is 0 Å². The smallest absolute Gasteiger partial charge is 0.137 e. The van der Waals surface area contributed by atoms with Crippen LogP contribution in [0.2, 0.25) is 0 Å². The van der Waals surface area contributed by atoms with Gasteiger partial charge in [0.05, 0.1) is 5.60 Å².